The van der Waals surface area contributed by atoms with Crippen LogP contribution in [0.25, 0.3) is 11.7 Å². The normalized spacial score (nSPS) is 11.0. The summed E-state index contributed by atoms with van der Waals surface area (Å²) in [6.07, 6.45) is 4.64. The molecule has 0 fully saturated rings. The summed E-state index contributed by atoms with van der Waals surface area (Å²) in [5.41, 5.74) is 7.16. The number of hydrogen-bond acceptors (Lipinski definition) is 4. The Kier molecular flexibility index (Phi) is 6.16. The predicted octanol–water partition coefficient (Wildman–Crippen LogP) is 3.25. The molecule has 0 aliphatic heterocycles. The van der Waals surface area contributed by atoms with Crippen molar-refractivity contribution in [3.05, 3.63) is 71.1 Å². The Labute approximate surface area is 165 Å². The van der Waals surface area contributed by atoms with E-state index < -0.39 is 5.91 Å². The maximum absolute atomic E-state index is 11.9. The minimum atomic E-state index is -0.467. The van der Waals surface area contributed by atoms with Crippen molar-refractivity contribution in [3.8, 4) is 0 Å². The van der Waals surface area contributed by atoms with E-state index in [-0.39, 0.29) is 11.7 Å². The first-order chi connectivity index (χ1) is 13.0. The third-order valence-electron chi connectivity index (χ3n) is 3.63. The van der Waals surface area contributed by atoms with Crippen molar-refractivity contribution in [2.75, 3.05) is 5.75 Å². The minimum absolute atomic E-state index is 0.201. The SMILES string of the molecule is Cc1ccc(SCC(=O)NNC(=O)/C=C/c2c(Cl)nc3ccccn23)cc1. The summed E-state index contributed by atoms with van der Waals surface area (Å²) < 4.78 is 1.77. The van der Waals surface area contributed by atoms with Gasteiger partial charge in [-0.1, -0.05) is 35.4 Å². The Morgan fingerprint density at radius 1 is 1.19 bits per heavy atom. The second-order valence-corrected chi connectivity index (χ2v) is 7.10. The lowest BCUT2D eigenvalue weighted by Crippen LogP contribution is -2.41. The Hall–Kier alpha value is -2.77. The Morgan fingerprint density at radius 3 is 2.74 bits per heavy atom. The van der Waals surface area contributed by atoms with Crippen LogP contribution in [0.4, 0.5) is 0 Å². The second kappa shape index (κ2) is 8.75. The fourth-order valence-electron chi connectivity index (χ4n) is 2.28. The van der Waals surface area contributed by atoms with E-state index in [2.05, 4.69) is 15.8 Å². The van der Waals surface area contributed by atoms with Gasteiger partial charge in [-0.3, -0.25) is 24.8 Å². The van der Waals surface area contributed by atoms with Gasteiger partial charge in [-0.05, 0) is 37.3 Å². The van der Waals surface area contributed by atoms with Crippen molar-refractivity contribution in [2.45, 2.75) is 11.8 Å². The molecule has 0 bridgehead atoms. The molecule has 0 aliphatic carbocycles. The van der Waals surface area contributed by atoms with E-state index in [0.717, 1.165) is 10.5 Å². The van der Waals surface area contributed by atoms with Crippen molar-refractivity contribution in [1.29, 1.82) is 0 Å². The number of imidazole rings is 1. The fourth-order valence-corrected chi connectivity index (χ4v) is 3.22. The molecular weight excluding hydrogens is 384 g/mol. The number of carbonyl (C=O) groups is 2. The number of carbonyl (C=O) groups excluding carboxylic acids is 2. The third-order valence-corrected chi connectivity index (χ3v) is 4.92. The molecule has 27 heavy (non-hydrogen) atoms. The van der Waals surface area contributed by atoms with Crippen molar-refractivity contribution in [2.24, 2.45) is 0 Å². The summed E-state index contributed by atoms with van der Waals surface area (Å²) in [5, 5.41) is 0.295. The highest BCUT2D eigenvalue weighted by Gasteiger charge is 2.08. The maximum Gasteiger partial charge on any atom is 0.262 e. The lowest BCUT2D eigenvalue weighted by Gasteiger charge is -2.05. The van der Waals surface area contributed by atoms with Crippen molar-refractivity contribution in [3.63, 3.8) is 0 Å². The van der Waals surface area contributed by atoms with E-state index in [1.165, 1.54) is 17.8 Å². The van der Waals surface area contributed by atoms with Crippen molar-refractivity contribution in [1.82, 2.24) is 20.2 Å². The van der Waals surface area contributed by atoms with Gasteiger partial charge in [-0.2, -0.15) is 0 Å². The lowest BCUT2D eigenvalue weighted by atomic mass is 10.2. The van der Waals surface area contributed by atoms with Crippen LogP contribution < -0.4 is 10.9 Å². The molecule has 0 aliphatic rings. The highest BCUT2D eigenvalue weighted by atomic mass is 35.5. The lowest BCUT2D eigenvalue weighted by molar-refractivity contribution is -0.125. The predicted molar refractivity (Wildman–Crippen MR) is 107 cm³/mol. The molecular formula is C19H17ClN4O2S. The van der Waals surface area contributed by atoms with Crippen LogP contribution in [0.5, 0.6) is 0 Å². The number of hydrazine groups is 1. The molecule has 2 aromatic heterocycles. The summed E-state index contributed by atoms with van der Waals surface area (Å²) in [4.78, 5) is 28.9. The topological polar surface area (TPSA) is 75.5 Å². The fraction of sp³-hybridized carbons (Fsp3) is 0.105. The molecule has 0 saturated heterocycles. The van der Waals surface area contributed by atoms with Gasteiger partial charge >= 0.3 is 0 Å². The van der Waals surface area contributed by atoms with E-state index in [9.17, 15) is 9.59 Å². The number of hydrogen-bond donors (Lipinski definition) is 2. The van der Waals surface area contributed by atoms with E-state index in [4.69, 9.17) is 11.6 Å². The molecule has 2 amide bonds. The van der Waals surface area contributed by atoms with Gasteiger partial charge in [-0.25, -0.2) is 4.98 Å². The van der Waals surface area contributed by atoms with Crippen LogP contribution in [-0.2, 0) is 9.59 Å². The number of fused-ring (bicyclic) bond motifs is 1. The molecule has 1 aromatic carbocycles. The monoisotopic (exact) mass is 400 g/mol. The van der Waals surface area contributed by atoms with Gasteiger partial charge in [0.2, 0.25) is 5.91 Å². The first-order valence-electron chi connectivity index (χ1n) is 8.12. The van der Waals surface area contributed by atoms with E-state index in [1.54, 1.807) is 16.7 Å². The number of benzene rings is 1. The molecule has 0 saturated carbocycles. The standard InChI is InChI=1S/C19H17ClN4O2S/c1-13-5-7-14(8-6-13)27-12-18(26)23-22-17(25)10-9-15-19(20)21-16-4-2-3-11-24(15)16/h2-11H,12H2,1H3,(H,22,25)(H,23,26)/b10-9+. The number of pyridine rings is 1. The number of nitrogens with zero attached hydrogens (tertiary/aromatic N) is 2. The van der Waals surface area contributed by atoms with Crippen LogP contribution in [0.1, 0.15) is 11.3 Å². The smallest absolute Gasteiger partial charge is 0.262 e. The zero-order chi connectivity index (χ0) is 19.2. The van der Waals surface area contributed by atoms with Crippen LogP contribution in [0.2, 0.25) is 5.15 Å². The Bertz CT molecular complexity index is 999. The first kappa shape index (κ1) is 19.0. The average Bonchev–Trinajstić information content (AvgIpc) is 2.99. The van der Waals surface area contributed by atoms with E-state index >= 15 is 0 Å². The molecule has 8 heteroatoms. The van der Waals surface area contributed by atoms with Gasteiger partial charge in [0.25, 0.3) is 5.91 Å². The Balaban J connectivity index is 1.50. The molecule has 0 unspecified atom stereocenters. The quantitative estimate of drug-likeness (QED) is 0.391. The van der Waals surface area contributed by atoms with Crippen LogP contribution in [0.15, 0.2) is 59.6 Å². The summed E-state index contributed by atoms with van der Waals surface area (Å²) in [7, 11) is 0. The van der Waals surface area contributed by atoms with Crippen molar-refractivity contribution < 1.29 is 9.59 Å². The van der Waals surface area contributed by atoms with E-state index in [1.807, 2.05) is 49.4 Å². The van der Waals surface area contributed by atoms with Gasteiger partial charge in [0.1, 0.15) is 5.65 Å². The molecule has 2 heterocycles. The number of halogens is 1. The molecule has 0 spiro atoms. The highest BCUT2D eigenvalue weighted by molar-refractivity contribution is 8.00. The Morgan fingerprint density at radius 2 is 1.96 bits per heavy atom. The number of amides is 2. The molecule has 0 atom stereocenters. The van der Waals surface area contributed by atoms with Gasteiger partial charge in [0.15, 0.2) is 5.15 Å². The van der Waals surface area contributed by atoms with Crippen molar-refractivity contribution >= 4 is 46.9 Å². The second-order valence-electron chi connectivity index (χ2n) is 5.69. The molecule has 138 valence electrons. The molecule has 0 radical (unpaired) electrons. The third kappa shape index (κ3) is 5.12. The minimum Gasteiger partial charge on any atom is -0.299 e. The van der Waals surface area contributed by atoms with E-state index in [0.29, 0.717) is 16.5 Å². The molecule has 2 N–H and O–H groups in total. The molecule has 6 nitrogen and oxygen atoms in total. The zero-order valence-corrected chi connectivity index (χ0v) is 16.1. The number of nitrogens with one attached hydrogen (secondary N) is 2. The van der Waals surface area contributed by atoms with Crippen LogP contribution in [-0.4, -0.2) is 27.0 Å². The number of rotatable bonds is 5. The summed E-state index contributed by atoms with van der Waals surface area (Å²) in [6, 6.07) is 13.4. The summed E-state index contributed by atoms with van der Waals surface area (Å²) >= 11 is 7.49. The molecule has 3 aromatic rings. The summed E-state index contributed by atoms with van der Waals surface area (Å²) in [6.45, 7) is 2.00. The first-order valence-corrected chi connectivity index (χ1v) is 9.48. The van der Waals surface area contributed by atoms with Gasteiger partial charge in [0.05, 0.1) is 11.4 Å². The largest absolute Gasteiger partial charge is 0.299 e. The van der Waals surface area contributed by atoms with Gasteiger partial charge in [-0.15, -0.1) is 11.8 Å². The molecule has 3 rings (SSSR count). The number of aromatic nitrogens is 2. The zero-order valence-electron chi connectivity index (χ0n) is 14.5. The van der Waals surface area contributed by atoms with Gasteiger partial charge in [0, 0.05) is 17.2 Å². The number of thioether (sulfide) groups is 1. The summed E-state index contributed by atoms with van der Waals surface area (Å²) in [5.74, 6) is -0.563. The average molecular weight is 401 g/mol. The van der Waals surface area contributed by atoms with Crippen LogP contribution in [0, 0.1) is 6.92 Å². The maximum atomic E-state index is 11.9. The highest BCUT2D eigenvalue weighted by Crippen LogP contribution is 2.19. The van der Waals surface area contributed by atoms with Crippen LogP contribution in [0.3, 0.4) is 0 Å². The van der Waals surface area contributed by atoms with Gasteiger partial charge < -0.3 is 0 Å². The number of aryl methyl sites for hydroxylation is 1. The van der Waals surface area contributed by atoms with Crippen LogP contribution >= 0.6 is 23.4 Å².